The highest BCUT2D eigenvalue weighted by atomic mass is 14.6. The van der Waals surface area contributed by atoms with E-state index in [0.717, 1.165) is 18.4 Å². The number of nitrogens with two attached hydrogens (primary N) is 1. The minimum absolute atomic E-state index is 0.547. The third-order valence-electron chi connectivity index (χ3n) is 3.60. The van der Waals surface area contributed by atoms with Crippen LogP contribution in [0.4, 0.5) is 0 Å². The molecule has 1 rings (SSSR count). The summed E-state index contributed by atoms with van der Waals surface area (Å²) in [6, 6.07) is 0. The summed E-state index contributed by atoms with van der Waals surface area (Å²) < 4.78 is 0. The zero-order chi connectivity index (χ0) is 10.1. The molecule has 0 aromatic rings. The smallest absolute Gasteiger partial charge is 0.00489 e. The first-order valence-corrected chi connectivity index (χ1v) is 5.64. The third kappa shape index (κ3) is 2.98. The number of hydrogen-bond acceptors (Lipinski definition) is 1. The Morgan fingerprint density at radius 3 is 2.46 bits per heavy atom. The maximum Gasteiger partial charge on any atom is -0.00489 e. The monoisotopic (exact) mass is 183 g/mol. The molecule has 2 N–H and O–H groups in total. The van der Waals surface area contributed by atoms with Gasteiger partial charge in [0.05, 0.1) is 0 Å². The minimum atomic E-state index is 0.547. The Bertz CT molecular complexity index is 163. The van der Waals surface area contributed by atoms with Crippen LogP contribution in [-0.2, 0) is 0 Å². The van der Waals surface area contributed by atoms with Crippen molar-refractivity contribution < 1.29 is 0 Å². The quantitative estimate of drug-likeness (QED) is 0.699. The molecule has 0 aromatic heterocycles. The van der Waals surface area contributed by atoms with E-state index >= 15 is 0 Å². The Labute approximate surface area is 83.1 Å². The second-order valence-electron chi connectivity index (χ2n) is 5.89. The lowest BCUT2D eigenvalue weighted by Crippen LogP contribution is -2.33. The summed E-state index contributed by atoms with van der Waals surface area (Å²) in [6.07, 6.45) is 4.15. The van der Waals surface area contributed by atoms with Crippen LogP contribution in [0.1, 0.15) is 47.0 Å². The molecule has 0 aliphatic heterocycles. The molecule has 0 bridgehead atoms. The van der Waals surface area contributed by atoms with Gasteiger partial charge in [-0.2, -0.15) is 0 Å². The zero-order valence-electron chi connectivity index (χ0n) is 9.64. The van der Waals surface area contributed by atoms with E-state index < -0.39 is 0 Å². The summed E-state index contributed by atoms with van der Waals surface area (Å²) in [6.45, 7) is 10.3. The van der Waals surface area contributed by atoms with Crippen LogP contribution in [0, 0.1) is 23.2 Å². The van der Waals surface area contributed by atoms with E-state index in [9.17, 15) is 0 Å². The minimum Gasteiger partial charge on any atom is -0.330 e. The van der Waals surface area contributed by atoms with Gasteiger partial charge in [-0.05, 0) is 49.0 Å². The second-order valence-corrected chi connectivity index (χ2v) is 5.89. The maximum atomic E-state index is 5.74. The largest absolute Gasteiger partial charge is 0.330 e. The van der Waals surface area contributed by atoms with E-state index in [2.05, 4.69) is 27.7 Å². The first-order chi connectivity index (χ1) is 5.94. The molecule has 1 saturated carbocycles. The molecular formula is C12H25N. The highest BCUT2D eigenvalue weighted by Crippen LogP contribution is 2.43. The molecule has 1 aliphatic carbocycles. The van der Waals surface area contributed by atoms with Crippen molar-refractivity contribution in [2.24, 2.45) is 28.9 Å². The van der Waals surface area contributed by atoms with Crippen LogP contribution in [0.25, 0.3) is 0 Å². The molecule has 1 heteroatoms. The SMILES string of the molecule is CC1CC(C(C)CN)CC(C)(C)C1. The van der Waals surface area contributed by atoms with Gasteiger partial charge in [-0.15, -0.1) is 0 Å². The fraction of sp³-hybridized carbons (Fsp3) is 1.00. The molecule has 13 heavy (non-hydrogen) atoms. The van der Waals surface area contributed by atoms with Crippen molar-refractivity contribution in [2.75, 3.05) is 6.54 Å². The lowest BCUT2D eigenvalue weighted by Gasteiger charge is -2.41. The van der Waals surface area contributed by atoms with Crippen molar-refractivity contribution in [1.29, 1.82) is 0 Å². The normalized spacial score (nSPS) is 35.8. The van der Waals surface area contributed by atoms with Crippen molar-refractivity contribution in [1.82, 2.24) is 0 Å². The van der Waals surface area contributed by atoms with Crippen LogP contribution in [-0.4, -0.2) is 6.54 Å². The third-order valence-corrected chi connectivity index (χ3v) is 3.60. The predicted molar refractivity (Wildman–Crippen MR) is 58.5 cm³/mol. The Balaban J connectivity index is 2.57. The van der Waals surface area contributed by atoms with E-state index in [0.29, 0.717) is 11.3 Å². The van der Waals surface area contributed by atoms with Gasteiger partial charge in [-0.3, -0.25) is 0 Å². The molecule has 1 fully saturated rings. The van der Waals surface area contributed by atoms with E-state index in [-0.39, 0.29) is 0 Å². The standard InChI is InChI=1S/C12H25N/c1-9-5-11(10(2)8-13)7-12(3,4)6-9/h9-11H,5-8,13H2,1-4H3. The molecule has 3 unspecified atom stereocenters. The molecule has 0 amide bonds. The van der Waals surface area contributed by atoms with Gasteiger partial charge in [0.25, 0.3) is 0 Å². The van der Waals surface area contributed by atoms with Crippen molar-refractivity contribution in [2.45, 2.75) is 47.0 Å². The molecule has 78 valence electrons. The Kier molecular flexibility index (Phi) is 3.39. The number of rotatable bonds is 2. The topological polar surface area (TPSA) is 26.0 Å². The van der Waals surface area contributed by atoms with Crippen LogP contribution in [0.3, 0.4) is 0 Å². The Morgan fingerprint density at radius 2 is 2.00 bits per heavy atom. The van der Waals surface area contributed by atoms with E-state index in [4.69, 9.17) is 5.73 Å². The highest BCUT2D eigenvalue weighted by molar-refractivity contribution is 4.85. The van der Waals surface area contributed by atoms with Gasteiger partial charge >= 0.3 is 0 Å². The maximum absolute atomic E-state index is 5.74. The molecule has 0 aromatic carbocycles. The molecule has 0 saturated heterocycles. The summed E-state index contributed by atoms with van der Waals surface area (Å²) in [5.41, 5.74) is 6.28. The van der Waals surface area contributed by atoms with Crippen molar-refractivity contribution in [3.8, 4) is 0 Å². The first-order valence-electron chi connectivity index (χ1n) is 5.64. The van der Waals surface area contributed by atoms with Crippen LogP contribution in [0.2, 0.25) is 0 Å². The fourth-order valence-electron chi connectivity index (χ4n) is 3.05. The first kappa shape index (κ1) is 11.0. The molecule has 1 nitrogen and oxygen atoms in total. The Hall–Kier alpha value is -0.0400. The lowest BCUT2D eigenvalue weighted by atomic mass is 9.65. The van der Waals surface area contributed by atoms with Crippen LogP contribution < -0.4 is 5.73 Å². The summed E-state index contributed by atoms with van der Waals surface area (Å²) in [5, 5.41) is 0. The average Bonchev–Trinajstić information content (AvgIpc) is 1.99. The summed E-state index contributed by atoms with van der Waals surface area (Å²) in [7, 11) is 0. The molecule has 0 radical (unpaired) electrons. The van der Waals surface area contributed by atoms with Crippen LogP contribution >= 0.6 is 0 Å². The van der Waals surface area contributed by atoms with Crippen LogP contribution in [0.15, 0.2) is 0 Å². The summed E-state index contributed by atoms with van der Waals surface area (Å²) in [5.74, 6) is 2.47. The zero-order valence-corrected chi connectivity index (χ0v) is 9.64. The predicted octanol–water partition coefficient (Wildman–Crippen LogP) is 3.04. The van der Waals surface area contributed by atoms with Gasteiger partial charge in [0.1, 0.15) is 0 Å². The summed E-state index contributed by atoms with van der Waals surface area (Å²) >= 11 is 0. The molecule has 0 heterocycles. The van der Waals surface area contributed by atoms with Crippen molar-refractivity contribution >= 4 is 0 Å². The molecule has 0 spiro atoms. The van der Waals surface area contributed by atoms with Gasteiger partial charge < -0.3 is 5.73 Å². The number of hydrogen-bond donors (Lipinski definition) is 1. The van der Waals surface area contributed by atoms with Gasteiger partial charge in [-0.1, -0.05) is 27.7 Å². The van der Waals surface area contributed by atoms with Gasteiger partial charge in [-0.25, -0.2) is 0 Å². The van der Waals surface area contributed by atoms with E-state index in [1.165, 1.54) is 19.3 Å². The van der Waals surface area contributed by atoms with Gasteiger partial charge in [0.15, 0.2) is 0 Å². The molecular weight excluding hydrogens is 158 g/mol. The Morgan fingerprint density at radius 1 is 1.38 bits per heavy atom. The van der Waals surface area contributed by atoms with Crippen LogP contribution in [0.5, 0.6) is 0 Å². The molecule has 1 aliphatic rings. The van der Waals surface area contributed by atoms with Gasteiger partial charge in [0.2, 0.25) is 0 Å². The fourth-order valence-corrected chi connectivity index (χ4v) is 3.05. The molecule has 3 atom stereocenters. The van der Waals surface area contributed by atoms with Crippen molar-refractivity contribution in [3.05, 3.63) is 0 Å². The van der Waals surface area contributed by atoms with E-state index in [1.54, 1.807) is 0 Å². The van der Waals surface area contributed by atoms with E-state index in [1.807, 2.05) is 0 Å². The average molecular weight is 183 g/mol. The van der Waals surface area contributed by atoms with Gasteiger partial charge in [0, 0.05) is 0 Å². The summed E-state index contributed by atoms with van der Waals surface area (Å²) in [4.78, 5) is 0. The highest BCUT2D eigenvalue weighted by Gasteiger charge is 2.33. The van der Waals surface area contributed by atoms with Crippen molar-refractivity contribution in [3.63, 3.8) is 0 Å². The lowest BCUT2D eigenvalue weighted by molar-refractivity contribution is 0.102. The second kappa shape index (κ2) is 4.00.